The van der Waals surface area contributed by atoms with Crippen molar-refractivity contribution in [1.82, 2.24) is 10.1 Å². The minimum Gasteiger partial charge on any atom is -0.497 e. The molecule has 0 fully saturated rings. The van der Waals surface area contributed by atoms with Crippen molar-refractivity contribution < 1.29 is 14.1 Å². The number of carbonyl (C=O) groups is 1. The smallest absolute Gasteiger partial charge is 0.271 e. The number of aromatic amines is 1. The molecule has 4 aromatic rings. The highest BCUT2D eigenvalue weighted by Crippen LogP contribution is 2.26. The first-order valence-electron chi connectivity index (χ1n) is 9.21. The molecule has 4 rings (SSSR count). The summed E-state index contributed by atoms with van der Waals surface area (Å²) in [4.78, 5) is 15.1. The highest BCUT2D eigenvalue weighted by Gasteiger charge is 2.20. The van der Waals surface area contributed by atoms with E-state index in [0.717, 1.165) is 33.3 Å². The van der Waals surface area contributed by atoms with E-state index in [0.29, 0.717) is 30.0 Å². The van der Waals surface area contributed by atoms with Gasteiger partial charge in [0, 0.05) is 34.1 Å². The Balaban J connectivity index is 1.60. The van der Waals surface area contributed by atoms with Crippen molar-refractivity contribution in [2.75, 3.05) is 7.11 Å². The van der Waals surface area contributed by atoms with Crippen molar-refractivity contribution >= 4 is 28.4 Å². The van der Waals surface area contributed by atoms with Crippen LogP contribution in [0.3, 0.4) is 0 Å². The third-order valence-corrected chi connectivity index (χ3v) is 5.24. The third-order valence-electron chi connectivity index (χ3n) is 5.00. The SMILES string of the molecule is COc1ccc(Cc2onc(C(N)=O)c2CCc2c[nH]c3ccc(Cl)cc23)cc1. The van der Waals surface area contributed by atoms with Gasteiger partial charge in [0.25, 0.3) is 5.91 Å². The number of amides is 1. The van der Waals surface area contributed by atoms with Crippen molar-refractivity contribution in [2.45, 2.75) is 19.3 Å². The summed E-state index contributed by atoms with van der Waals surface area (Å²) in [5.74, 6) is 0.830. The van der Waals surface area contributed by atoms with Crippen LogP contribution in [0.1, 0.15) is 32.9 Å². The summed E-state index contributed by atoms with van der Waals surface area (Å²) in [6, 6.07) is 13.4. The molecule has 0 spiro atoms. The lowest BCUT2D eigenvalue weighted by molar-refractivity contribution is 0.0991. The molecule has 29 heavy (non-hydrogen) atoms. The van der Waals surface area contributed by atoms with Crippen LogP contribution in [0.25, 0.3) is 10.9 Å². The van der Waals surface area contributed by atoms with Crippen LogP contribution in [0.4, 0.5) is 0 Å². The van der Waals surface area contributed by atoms with Gasteiger partial charge in [0.1, 0.15) is 11.5 Å². The number of aryl methyl sites for hydroxylation is 1. The van der Waals surface area contributed by atoms with E-state index in [1.807, 2.05) is 48.7 Å². The highest BCUT2D eigenvalue weighted by molar-refractivity contribution is 6.31. The Bertz CT molecular complexity index is 1160. The van der Waals surface area contributed by atoms with Gasteiger partial charge in [0.2, 0.25) is 0 Å². The van der Waals surface area contributed by atoms with E-state index >= 15 is 0 Å². The van der Waals surface area contributed by atoms with Crippen LogP contribution < -0.4 is 10.5 Å². The largest absolute Gasteiger partial charge is 0.497 e. The van der Waals surface area contributed by atoms with Gasteiger partial charge in [0.05, 0.1) is 7.11 Å². The normalized spacial score (nSPS) is 11.1. The number of ether oxygens (including phenoxy) is 1. The standard InChI is InChI=1S/C22H20ClN3O3/c1-28-16-6-2-13(3-7-16)10-20-17(21(22(24)27)26-29-20)8-4-14-12-25-19-9-5-15(23)11-18(14)19/h2-3,5-7,9,11-12,25H,4,8,10H2,1H3,(H2,24,27). The number of hydrogen-bond acceptors (Lipinski definition) is 4. The Morgan fingerprint density at radius 3 is 2.72 bits per heavy atom. The van der Waals surface area contributed by atoms with Crippen LogP contribution in [0.2, 0.25) is 5.02 Å². The maximum atomic E-state index is 11.8. The monoisotopic (exact) mass is 409 g/mol. The van der Waals surface area contributed by atoms with Crippen LogP contribution in [-0.2, 0) is 19.3 Å². The summed E-state index contributed by atoms with van der Waals surface area (Å²) >= 11 is 6.14. The third kappa shape index (κ3) is 3.98. The lowest BCUT2D eigenvalue weighted by Crippen LogP contribution is -2.14. The number of benzene rings is 2. The summed E-state index contributed by atoms with van der Waals surface area (Å²) in [6.45, 7) is 0. The fourth-order valence-corrected chi connectivity index (χ4v) is 3.65. The molecular formula is C22H20ClN3O3. The van der Waals surface area contributed by atoms with Crippen LogP contribution in [0, 0.1) is 0 Å². The molecule has 0 bridgehead atoms. The first-order valence-corrected chi connectivity index (χ1v) is 9.58. The lowest BCUT2D eigenvalue weighted by Gasteiger charge is -2.05. The van der Waals surface area contributed by atoms with Crippen molar-refractivity contribution in [3.63, 3.8) is 0 Å². The van der Waals surface area contributed by atoms with E-state index < -0.39 is 5.91 Å². The Morgan fingerprint density at radius 2 is 2.00 bits per heavy atom. The van der Waals surface area contributed by atoms with Gasteiger partial charge in [-0.25, -0.2) is 0 Å². The molecule has 1 amide bonds. The molecule has 0 aliphatic rings. The Hall–Kier alpha value is -3.25. The van der Waals surface area contributed by atoms with E-state index in [2.05, 4.69) is 10.1 Å². The first kappa shape index (κ1) is 19.1. The first-order chi connectivity index (χ1) is 14.0. The molecule has 2 heterocycles. The second-order valence-corrected chi connectivity index (χ2v) is 7.26. The zero-order valence-corrected chi connectivity index (χ0v) is 16.6. The molecule has 0 radical (unpaired) electrons. The molecule has 3 N–H and O–H groups in total. The number of nitrogens with zero attached hydrogens (tertiary/aromatic N) is 1. The molecule has 2 aromatic carbocycles. The Morgan fingerprint density at radius 1 is 1.21 bits per heavy atom. The zero-order chi connectivity index (χ0) is 20.4. The zero-order valence-electron chi connectivity index (χ0n) is 15.9. The number of fused-ring (bicyclic) bond motifs is 1. The number of hydrogen-bond donors (Lipinski definition) is 2. The molecule has 148 valence electrons. The van der Waals surface area contributed by atoms with E-state index in [1.165, 1.54) is 0 Å². The number of halogens is 1. The highest BCUT2D eigenvalue weighted by atomic mass is 35.5. The number of nitrogens with one attached hydrogen (secondary N) is 1. The molecule has 2 aromatic heterocycles. The molecule has 0 unspecified atom stereocenters. The summed E-state index contributed by atoms with van der Waals surface area (Å²) in [7, 11) is 1.63. The predicted octanol–water partition coefficient (Wildman–Crippen LogP) is 4.29. The predicted molar refractivity (Wildman–Crippen MR) is 112 cm³/mol. The van der Waals surface area contributed by atoms with E-state index in [-0.39, 0.29) is 5.69 Å². The van der Waals surface area contributed by atoms with Gasteiger partial charge < -0.3 is 20.0 Å². The second-order valence-electron chi connectivity index (χ2n) is 6.83. The number of H-pyrrole nitrogens is 1. The number of rotatable bonds is 7. The van der Waals surface area contributed by atoms with Crippen LogP contribution in [-0.4, -0.2) is 23.2 Å². The number of carbonyl (C=O) groups excluding carboxylic acids is 1. The van der Waals surface area contributed by atoms with Gasteiger partial charge in [-0.2, -0.15) is 0 Å². The molecule has 0 aliphatic carbocycles. The fraction of sp³-hybridized carbons (Fsp3) is 0.182. The van der Waals surface area contributed by atoms with E-state index in [4.69, 9.17) is 26.6 Å². The fourth-order valence-electron chi connectivity index (χ4n) is 3.48. The minimum absolute atomic E-state index is 0.186. The molecule has 0 atom stereocenters. The van der Waals surface area contributed by atoms with Gasteiger partial charge in [-0.15, -0.1) is 0 Å². The van der Waals surface area contributed by atoms with Crippen molar-refractivity contribution in [3.8, 4) is 5.75 Å². The van der Waals surface area contributed by atoms with Crippen molar-refractivity contribution in [1.29, 1.82) is 0 Å². The van der Waals surface area contributed by atoms with E-state index in [1.54, 1.807) is 7.11 Å². The van der Waals surface area contributed by atoms with Gasteiger partial charge in [0.15, 0.2) is 5.69 Å². The molecule has 0 aliphatic heterocycles. The minimum atomic E-state index is -0.591. The Labute approximate surface area is 172 Å². The average Bonchev–Trinajstić information content (AvgIpc) is 3.30. The molecule has 6 nitrogen and oxygen atoms in total. The summed E-state index contributed by atoms with van der Waals surface area (Å²) in [6.07, 6.45) is 3.74. The Kier molecular flexibility index (Phi) is 5.27. The summed E-state index contributed by atoms with van der Waals surface area (Å²) in [5, 5.41) is 5.66. The van der Waals surface area contributed by atoms with Crippen LogP contribution in [0.5, 0.6) is 5.75 Å². The molecule has 7 heteroatoms. The number of nitrogens with two attached hydrogens (primary N) is 1. The molecule has 0 saturated heterocycles. The summed E-state index contributed by atoms with van der Waals surface area (Å²) in [5.41, 5.74) is 9.59. The maximum Gasteiger partial charge on any atom is 0.271 e. The second kappa shape index (κ2) is 8.01. The van der Waals surface area contributed by atoms with Crippen LogP contribution >= 0.6 is 11.6 Å². The molecular weight excluding hydrogens is 390 g/mol. The number of methoxy groups -OCH3 is 1. The average molecular weight is 410 g/mol. The van der Waals surface area contributed by atoms with Gasteiger partial charge >= 0.3 is 0 Å². The van der Waals surface area contributed by atoms with Gasteiger partial charge in [-0.3, -0.25) is 4.79 Å². The summed E-state index contributed by atoms with van der Waals surface area (Å²) < 4.78 is 10.7. The van der Waals surface area contributed by atoms with Crippen LogP contribution in [0.15, 0.2) is 53.2 Å². The van der Waals surface area contributed by atoms with E-state index in [9.17, 15) is 4.79 Å². The van der Waals surface area contributed by atoms with Crippen molar-refractivity contribution in [2.24, 2.45) is 5.73 Å². The quantitative estimate of drug-likeness (QED) is 0.476. The number of primary amides is 1. The van der Waals surface area contributed by atoms with Gasteiger partial charge in [-0.05, 0) is 54.3 Å². The van der Waals surface area contributed by atoms with Crippen molar-refractivity contribution in [3.05, 3.63) is 81.8 Å². The van der Waals surface area contributed by atoms with Gasteiger partial charge in [-0.1, -0.05) is 28.9 Å². The maximum absolute atomic E-state index is 11.8. The number of aromatic nitrogens is 2. The molecule has 0 saturated carbocycles. The lowest BCUT2D eigenvalue weighted by atomic mass is 9.99. The topological polar surface area (TPSA) is 94.1 Å².